The van der Waals surface area contributed by atoms with E-state index in [2.05, 4.69) is 46.8 Å². The summed E-state index contributed by atoms with van der Waals surface area (Å²) in [5.41, 5.74) is 1.22. The molecule has 0 amide bonds. The molecule has 1 atom stereocenters. The fraction of sp³-hybridized carbons (Fsp3) is 0.381. The molecule has 0 saturated carbocycles. The first-order valence-electron chi connectivity index (χ1n) is 9.06. The maximum atomic E-state index is 5.69. The number of para-hydroxylation sites is 1. The minimum atomic E-state index is 0.218. The van der Waals surface area contributed by atoms with Crippen molar-refractivity contribution in [1.29, 1.82) is 0 Å². The van der Waals surface area contributed by atoms with Crippen molar-refractivity contribution in [3.05, 3.63) is 60.2 Å². The highest BCUT2D eigenvalue weighted by Gasteiger charge is 2.14. The summed E-state index contributed by atoms with van der Waals surface area (Å²) in [5, 5.41) is 6.67. The van der Waals surface area contributed by atoms with Gasteiger partial charge in [0.2, 0.25) is 0 Å². The van der Waals surface area contributed by atoms with E-state index in [1.807, 2.05) is 42.5 Å². The van der Waals surface area contributed by atoms with E-state index < -0.39 is 0 Å². The molecule has 146 valence electrons. The number of rotatable bonds is 9. The molecule has 0 aliphatic heterocycles. The van der Waals surface area contributed by atoms with Crippen molar-refractivity contribution in [2.24, 2.45) is 4.99 Å². The van der Waals surface area contributed by atoms with Crippen molar-refractivity contribution in [1.82, 2.24) is 15.5 Å². The van der Waals surface area contributed by atoms with Crippen molar-refractivity contribution < 1.29 is 9.47 Å². The molecular formula is C21H30N4O2. The van der Waals surface area contributed by atoms with Gasteiger partial charge in [-0.1, -0.05) is 30.3 Å². The molecule has 0 aliphatic carbocycles. The maximum absolute atomic E-state index is 5.69. The average molecular weight is 370 g/mol. The van der Waals surface area contributed by atoms with Gasteiger partial charge in [0.1, 0.15) is 18.1 Å². The second kappa shape index (κ2) is 11.1. The van der Waals surface area contributed by atoms with Gasteiger partial charge in [0.25, 0.3) is 0 Å². The molecule has 0 spiro atoms. The van der Waals surface area contributed by atoms with Crippen molar-refractivity contribution in [2.75, 3.05) is 47.9 Å². The van der Waals surface area contributed by atoms with Crippen LogP contribution in [0.2, 0.25) is 0 Å². The van der Waals surface area contributed by atoms with Crippen molar-refractivity contribution in [2.45, 2.75) is 6.04 Å². The molecule has 0 radical (unpaired) electrons. The van der Waals surface area contributed by atoms with Crippen LogP contribution in [0.25, 0.3) is 0 Å². The lowest BCUT2D eigenvalue weighted by Gasteiger charge is -2.26. The number of hydrogen-bond donors (Lipinski definition) is 2. The SMILES string of the molecule is CN=C(NCCOc1ccccc1)NCC(c1ccc(OC)cc1)N(C)C. The van der Waals surface area contributed by atoms with Gasteiger partial charge in [0.05, 0.1) is 19.7 Å². The van der Waals surface area contributed by atoms with E-state index in [4.69, 9.17) is 9.47 Å². The monoisotopic (exact) mass is 370 g/mol. The first-order chi connectivity index (χ1) is 13.1. The molecule has 2 aromatic carbocycles. The Morgan fingerprint density at radius 2 is 1.70 bits per heavy atom. The number of nitrogens with one attached hydrogen (secondary N) is 2. The van der Waals surface area contributed by atoms with E-state index in [1.54, 1.807) is 14.2 Å². The van der Waals surface area contributed by atoms with Crippen molar-refractivity contribution in [3.8, 4) is 11.5 Å². The Morgan fingerprint density at radius 3 is 2.30 bits per heavy atom. The summed E-state index contributed by atoms with van der Waals surface area (Å²) >= 11 is 0. The number of hydrogen-bond acceptors (Lipinski definition) is 4. The molecule has 2 rings (SSSR count). The molecule has 27 heavy (non-hydrogen) atoms. The zero-order valence-corrected chi connectivity index (χ0v) is 16.6. The van der Waals surface area contributed by atoms with Crippen LogP contribution >= 0.6 is 0 Å². The highest BCUT2D eigenvalue weighted by Crippen LogP contribution is 2.20. The van der Waals surface area contributed by atoms with Gasteiger partial charge in [0, 0.05) is 13.6 Å². The summed E-state index contributed by atoms with van der Waals surface area (Å²) in [7, 11) is 7.59. The lowest BCUT2D eigenvalue weighted by Crippen LogP contribution is -2.43. The molecule has 0 heterocycles. The van der Waals surface area contributed by atoms with Gasteiger partial charge in [0.15, 0.2) is 5.96 Å². The predicted octanol–water partition coefficient (Wildman–Crippen LogP) is 2.54. The first kappa shape index (κ1) is 20.6. The third-order valence-corrected chi connectivity index (χ3v) is 4.22. The fourth-order valence-electron chi connectivity index (χ4n) is 2.69. The van der Waals surface area contributed by atoms with Crippen molar-refractivity contribution in [3.63, 3.8) is 0 Å². The Kier molecular flexibility index (Phi) is 8.45. The van der Waals surface area contributed by atoms with Gasteiger partial charge in [-0.3, -0.25) is 4.99 Å². The van der Waals surface area contributed by atoms with Crippen LogP contribution in [0.1, 0.15) is 11.6 Å². The molecule has 0 fully saturated rings. The van der Waals surface area contributed by atoms with Gasteiger partial charge in [-0.15, -0.1) is 0 Å². The van der Waals surface area contributed by atoms with Crippen LogP contribution in [0, 0.1) is 0 Å². The second-order valence-electron chi connectivity index (χ2n) is 6.29. The van der Waals surface area contributed by atoms with Crippen LogP contribution in [-0.2, 0) is 0 Å². The molecule has 1 unspecified atom stereocenters. The average Bonchev–Trinajstić information content (AvgIpc) is 2.70. The predicted molar refractivity (Wildman–Crippen MR) is 111 cm³/mol. The quantitative estimate of drug-likeness (QED) is 0.404. The number of ether oxygens (including phenoxy) is 2. The molecule has 6 nitrogen and oxygen atoms in total. The van der Waals surface area contributed by atoms with Gasteiger partial charge in [-0.05, 0) is 43.9 Å². The molecule has 0 aliphatic rings. The fourth-order valence-corrected chi connectivity index (χ4v) is 2.69. The van der Waals surface area contributed by atoms with E-state index in [-0.39, 0.29) is 6.04 Å². The summed E-state index contributed by atoms with van der Waals surface area (Å²) < 4.78 is 10.9. The summed E-state index contributed by atoms with van der Waals surface area (Å²) in [6.07, 6.45) is 0. The van der Waals surface area contributed by atoms with Crippen LogP contribution in [0.3, 0.4) is 0 Å². The zero-order chi connectivity index (χ0) is 19.5. The van der Waals surface area contributed by atoms with E-state index in [1.165, 1.54) is 5.56 Å². The normalized spacial score (nSPS) is 12.6. The topological polar surface area (TPSA) is 58.1 Å². The Morgan fingerprint density at radius 1 is 1.00 bits per heavy atom. The molecule has 6 heteroatoms. The molecular weight excluding hydrogens is 340 g/mol. The first-order valence-corrected chi connectivity index (χ1v) is 9.06. The molecule has 0 saturated heterocycles. The Balaban J connectivity index is 1.81. The number of likely N-dealkylation sites (N-methyl/N-ethyl adjacent to an activating group) is 1. The van der Waals surface area contributed by atoms with Crippen LogP contribution in [0.15, 0.2) is 59.6 Å². The Labute approximate surface area is 162 Å². The molecule has 2 N–H and O–H groups in total. The van der Waals surface area contributed by atoms with Crippen molar-refractivity contribution >= 4 is 5.96 Å². The maximum Gasteiger partial charge on any atom is 0.191 e. The van der Waals surface area contributed by atoms with E-state index in [0.717, 1.165) is 24.0 Å². The van der Waals surface area contributed by atoms with Gasteiger partial charge < -0.3 is 25.0 Å². The number of benzene rings is 2. The summed E-state index contributed by atoms with van der Waals surface area (Å²) in [5.74, 6) is 2.49. The highest BCUT2D eigenvalue weighted by molar-refractivity contribution is 5.79. The van der Waals surface area contributed by atoms with E-state index >= 15 is 0 Å². The second-order valence-corrected chi connectivity index (χ2v) is 6.29. The van der Waals surface area contributed by atoms with E-state index in [9.17, 15) is 0 Å². The Bertz CT molecular complexity index is 687. The Hall–Kier alpha value is -2.73. The lowest BCUT2D eigenvalue weighted by molar-refractivity contribution is 0.297. The van der Waals surface area contributed by atoms with Crippen LogP contribution in [0.5, 0.6) is 11.5 Å². The number of guanidine groups is 1. The van der Waals surface area contributed by atoms with Gasteiger partial charge in [-0.25, -0.2) is 0 Å². The standard InChI is InChI=1S/C21H30N4O2/c1-22-21(23-14-15-27-19-8-6-5-7-9-19)24-16-20(25(2)3)17-10-12-18(26-4)13-11-17/h5-13,20H,14-16H2,1-4H3,(H2,22,23,24). The summed E-state index contributed by atoms with van der Waals surface area (Å²) in [4.78, 5) is 6.47. The van der Waals surface area contributed by atoms with Crippen LogP contribution in [0.4, 0.5) is 0 Å². The zero-order valence-electron chi connectivity index (χ0n) is 16.6. The number of methoxy groups -OCH3 is 1. The highest BCUT2D eigenvalue weighted by atomic mass is 16.5. The minimum absolute atomic E-state index is 0.218. The van der Waals surface area contributed by atoms with Gasteiger partial charge in [-0.2, -0.15) is 0 Å². The smallest absolute Gasteiger partial charge is 0.191 e. The minimum Gasteiger partial charge on any atom is -0.497 e. The number of aliphatic imine (C=N–C) groups is 1. The van der Waals surface area contributed by atoms with Gasteiger partial charge >= 0.3 is 0 Å². The number of nitrogens with zero attached hydrogens (tertiary/aromatic N) is 2. The largest absolute Gasteiger partial charge is 0.497 e. The van der Waals surface area contributed by atoms with Crippen LogP contribution in [-0.4, -0.2) is 58.8 Å². The lowest BCUT2D eigenvalue weighted by atomic mass is 10.1. The third-order valence-electron chi connectivity index (χ3n) is 4.22. The molecule has 0 aromatic heterocycles. The molecule has 0 bridgehead atoms. The summed E-state index contributed by atoms with van der Waals surface area (Å²) in [6.45, 7) is 1.97. The summed E-state index contributed by atoms with van der Waals surface area (Å²) in [6, 6.07) is 18.2. The third kappa shape index (κ3) is 6.83. The van der Waals surface area contributed by atoms with E-state index in [0.29, 0.717) is 13.2 Å². The van der Waals surface area contributed by atoms with Crippen LogP contribution < -0.4 is 20.1 Å². The molecule has 2 aromatic rings.